The summed E-state index contributed by atoms with van der Waals surface area (Å²) >= 11 is 3.14. The van der Waals surface area contributed by atoms with Crippen LogP contribution in [0.15, 0.2) is 34.8 Å². The highest BCUT2D eigenvalue weighted by Gasteiger charge is 2.05. The van der Waals surface area contributed by atoms with Gasteiger partial charge in [-0.3, -0.25) is 0 Å². The van der Waals surface area contributed by atoms with Crippen molar-refractivity contribution in [3.8, 4) is 0 Å². The molecule has 0 aliphatic heterocycles. The largest absolute Gasteiger partial charge is 0.381 e. The molecule has 0 atom stereocenters. The summed E-state index contributed by atoms with van der Waals surface area (Å²) in [6, 6.07) is 8.24. The smallest absolute Gasteiger partial charge is 0.139 e. The normalized spacial score (nSPS) is 10.6. The lowest BCUT2D eigenvalue weighted by Crippen LogP contribution is -2.02. The van der Waals surface area contributed by atoms with Crippen molar-refractivity contribution in [2.75, 3.05) is 5.32 Å². The molecule has 100 valence electrons. The second kappa shape index (κ2) is 5.70. The highest BCUT2D eigenvalue weighted by Crippen LogP contribution is 2.24. The molecule has 2 rings (SSSR count). The summed E-state index contributed by atoms with van der Waals surface area (Å²) in [5.74, 6) is -0.541. The van der Waals surface area contributed by atoms with Gasteiger partial charge in [-0.25, -0.2) is 8.78 Å². The van der Waals surface area contributed by atoms with Crippen LogP contribution in [-0.2, 0) is 6.54 Å². The van der Waals surface area contributed by atoms with Crippen molar-refractivity contribution in [2.45, 2.75) is 20.4 Å². The van der Waals surface area contributed by atoms with Gasteiger partial charge in [-0.05, 0) is 64.7 Å². The maximum atomic E-state index is 13.5. The van der Waals surface area contributed by atoms with Crippen LogP contribution in [-0.4, -0.2) is 0 Å². The second-order valence-corrected chi connectivity index (χ2v) is 5.37. The summed E-state index contributed by atoms with van der Waals surface area (Å²) in [5.41, 5.74) is 3.09. The molecule has 1 N–H and O–H groups in total. The Balaban J connectivity index is 2.14. The number of anilines is 1. The van der Waals surface area contributed by atoms with Crippen LogP contribution in [0.2, 0.25) is 0 Å². The molecule has 19 heavy (non-hydrogen) atoms. The average Bonchev–Trinajstić information content (AvgIpc) is 2.36. The molecule has 0 aromatic heterocycles. The molecular formula is C15H14BrF2N. The van der Waals surface area contributed by atoms with Gasteiger partial charge < -0.3 is 5.32 Å². The number of hydrogen-bond acceptors (Lipinski definition) is 1. The fourth-order valence-corrected chi connectivity index (χ4v) is 2.24. The van der Waals surface area contributed by atoms with E-state index in [-0.39, 0.29) is 11.6 Å². The Bertz CT molecular complexity index is 611. The van der Waals surface area contributed by atoms with Gasteiger partial charge in [0, 0.05) is 12.2 Å². The van der Waals surface area contributed by atoms with Gasteiger partial charge in [-0.15, -0.1) is 0 Å². The quantitative estimate of drug-likeness (QED) is 0.841. The minimum atomic E-state index is -0.316. The Morgan fingerprint density at radius 1 is 1.00 bits per heavy atom. The molecular weight excluding hydrogens is 312 g/mol. The Labute approximate surface area is 119 Å². The van der Waals surface area contributed by atoms with E-state index in [1.807, 2.05) is 13.0 Å². The third-order valence-corrected chi connectivity index (χ3v) is 3.59. The molecule has 0 saturated heterocycles. The summed E-state index contributed by atoms with van der Waals surface area (Å²) in [4.78, 5) is 0. The van der Waals surface area contributed by atoms with E-state index in [0.717, 1.165) is 11.1 Å². The number of aryl methyl sites for hydroxylation is 2. The van der Waals surface area contributed by atoms with Crippen molar-refractivity contribution in [3.63, 3.8) is 0 Å². The molecule has 0 radical (unpaired) electrons. The van der Waals surface area contributed by atoms with Gasteiger partial charge in [0.05, 0.1) is 4.47 Å². The van der Waals surface area contributed by atoms with E-state index in [2.05, 4.69) is 21.2 Å². The van der Waals surface area contributed by atoms with Crippen molar-refractivity contribution in [2.24, 2.45) is 0 Å². The van der Waals surface area contributed by atoms with Gasteiger partial charge in [0.1, 0.15) is 11.6 Å². The summed E-state index contributed by atoms with van der Waals surface area (Å²) in [7, 11) is 0. The molecule has 0 unspecified atom stereocenters. The van der Waals surface area contributed by atoms with Crippen LogP contribution in [0.25, 0.3) is 0 Å². The maximum absolute atomic E-state index is 13.5. The zero-order valence-corrected chi connectivity index (χ0v) is 12.3. The highest BCUT2D eigenvalue weighted by molar-refractivity contribution is 9.10. The first-order valence-corrected chi connectivity index (χ1v) is 6.71. The SMILES string of the molecule is Cc1ccc(CNc2cc(F)c(Br)cc2C)cc1F. The van der Waals surface area contributed by atoms with E-state index in [1.54, 1.807) is 19.1 Å². The van der Waals surface area contributed by atoms with Gasteiger partial charge in [0.25, 0.3) is 0 Å². The molecule has 0 amide bonds. The van der Waals surface area contributed by atoms with Crippen LogP contribution in [0, 0.1) is 25.5 Å². The average molecular weight is 326 g/mol. The van der Waals surface area contributed by atoms with E-state index in [9.17, 15) is 8.78 Å². The van der Waals surface area contributed by atoms with Crippen molar-refractivity contribution >= 4 is 21.6 Å². The van der Waals surface area contributed by atoms with Gasteiger partial charge in [0.2, 0.25) is 0 Å². The van der Waals surface area contributed by atoms with Crippen LogP contribution in [0.1, 0.15) is 16.7 Å². The molecule has 0 spiro atoms. The summed E-state index contributed by atoms with van der Waals surface area (Å²) in [6.07, 6.45) is 0. The molecule has 2 aromatic carbocycles. The van der Waals surface area contributed by atoms with Crippen LogP contribution < -0.4 is 5.32 Å². The molecule has 2 aromatic rings. The van der Waals surface area contributed by atoms with Gasteiger partial charge in [-0.2, -0.15) is 0 Å². The van der Waals surface area contributed by atoms with Crippen LogP contribution in [0.4, 0.5) is 14.5 Å². The van der Waals surface area contributed by atoms with E-state index < -0.39 is 0 Å². The van der Waals surface area contributed by atoms with Crippen LogP contribution >= 0.6 is 15.9 Å². The summed E-state index contributed by atoms with van der Waals surface area (Å²) in [5, 5.41) is 3.12. The molecule has 0 saturated carbocycles. The minimum Gasteiger partial charge on any atom is -0.381 e. The lowest BCUT2D eigenvalue weighted by atomic mass is 10.1. The van der Waals surface area contributed by atoms with Crippen LogP contribution in [0.3, 0.4) is 0 Å². The van der Waals surface area contributed by atoms with Crippen molar-refractivity contribution < 1.29 is 8.78 Å². The Morgan fingerprint density at radius 2 is 1.74 bits per heavy atom. The number of halogens is 3. The van der Waals surface area contributed by atoms with E-state index in [4.69, 9.17) is 0 Å². The molecule has 0 aliphatic carbocycles. The summed E-state index contributed by atoms with van der Waals surface area (Å²) < 4.78 is 27.3. The predicted octanol–water partition coefficient (Wildman–Crippen LogP) is 4.96. The number of hydrogen-bond donors (Lipinski definition) is 1. The molecule has 0 bridgehead atoms. The molecule has 4 heteroatoms. The first-order chi connectivity index (χ1) is 8.97. The Kier molecular flexibility index (Phi) is 4.20. The van der Waals surface area contributed by atoms with E-state index >= 15 is 0 Å². The predicted molar refractivity (Wildman–Crippen MR) is 77.3 cm³/mol. The van der Waals surface area contributed by atoms with Gasteiger partial charge in [0.15, 0.2) is 0 Å². The number of rotatable bonds is 3. The maximum Gasteiger partial charge on any atom is 0.139 e. The highest BCUT2D eigenvalue weighted by atomic mass is 79.9. The van der Waals surface area contributed by atoms with Crippen LogP contribution in [0.5, 0.6) is 0 Å². The lowest BCUT2D eigenvalue weighted by Gasteiger charge is -2.11. The standard InChI is InChI=1S/C15H14BrF2N/c1-9-3-4-11(6-13(9)17)8-19-15-7-14(18)12(16)5-10(15)2/h3-7,19H,8H2,1-2H3. The van der Waals surface area contributed by atoms with Crippen molar-refractivity contribution in [3.05, 3.63) is 63.1 Å². The lowest BCUT2D eigenvalue weighted by molar-refractivity contribution is 0.616. The third-order valence-electron chi connectivity index (χ3n) is 2.99. The fraction of sp³-hybridized carbons (Fsp3) is 0.200. The molecule has 0 aliphatic rings. The Hall–Kier alpha value is -1.42. The van der Waals surface area contributed by atoms with Crippen molar-refractivity contribution in [1.29, 1.82) is 0 Å². The number of benzene rings is 2. The fourth-order valence-electron chi connectivity index (χ4n) is 1.78. The molecule has 1 nitrogen and oxygen atoms in total. The van der Waals surface area contributed by atoms with E-state index in [1.165, 1.54) is 12.1 Å². The molecule has 0 heterocycles. The minimum absolute atomic E-state index is 0.224. The first-order valence-electron chi connectivity index (χ1n) is 5.92. The van der Waals surface area contributed by atoms with E-state index in [0.29, 0.717) is 22.3 Å². The zero-order chi connectivity index (χ0) is 14.0. The third kappa shape index (κ3) is 3.32. The topological polar surface area (TPSA) is 12.0 Å². The number of nitrogens with one attached hydrogen (secondary N) is 1. The Morgan fingerprint density at radius 3 is 2.42 bits per heavy atom. The van der Waals surface area contributed by atoms with Gasteiger partial charge in [-0.1, -0.05) is 12.1 Å². The first kappa shape index (κ1) is 14.0. The monoisotopic (exact) mass is 325 g/mol. The molecule has 0 fully saturated rings. The van der Waals surface area contributed by atoms with Gasteiger partial charge >= 0.3 is 0 Å². The second-order valence-electron chi connectivity index (χ2n) is 4.52. The van der Waals surface area contributed by atoms with Crippen molar-refractivity contribution in [1.82, 2.24) is 0 Å². The summed E-state index contributed by atoms with van der Waals surface area (Å²) in [6.45, 7) is 4.07. The zero-order valence-electron chi connectivity index (χ0n) is 10.7.